The molecule has 0 aliphatic carbocycles. The summed E-state index contributed by atoms with van der Waals surface area (Å²) in [6.45, 7) is 1.68. The van der Waals surface area contributed by atoms with Gasteiger partial charge in [-0.2, -0.15) is 0 Å². The maximum atomic E-state index is 11.0. The van der Waals surface area contributed by atoms with Gasteiger partial charge in [0.2, 0.25) is 0 Å². The first-order valence-electron chi connectivity index (χ1n) is 3.59. The number of hydrazine groups is 1. The molecule has 1 amide bonds. The molecule has 0 heterocycles. The number of hydrogen-bond donors (Lipinski definition) is 4. The minimum Gasteiger partial charge on any atom is -0.507 e. The van der Waals surface area contributed by atoms with E-state index in [2.05, 4.69) is 0 Å². The standard InChI is InChI=1S/C8H10N2O3/c1-4-2-5(11)7(6(12)3-4)8(13)10-9/h2-3,11-12H,9H2,1H3,(H,10,13). The summed E-state index contributed by atoms with van der Waals surface area (Å²) in [6.07, 6.45) is 0. The van der Waals surface area contributed by atoms with Crippen molar-refractivity contribution in [2.75, 3.05) is 0 Å². The van der Waals surface area contributed by atoms with Crippen LogP contribution in [0.1, 0.15) is 15.9 Å². The van der Waals surface area contributed by atoms with Crippen molar-refractivity contribution in [3.05, 3.63) is 23.3 Å². The van der Waals surface area contributed by atoms with Crippen molar-refractivity contribution < 1.29 is 15.0 Å². The number of aryl methyl sites for hydroxylation is 1. The van der Waals surface area contributed by atoms with E-state index in [1.807, 2.05) is 5.43 Å². The number of rotatable bonds is 1. The first-order valence-corrected chi connectivity index (χ1v) is 3.59. The fourth-order valence-electron chi connectivity index (χ4n) is 1.05. The molecule has 5 nitrogen and oxygen atoms in total. The number of benzene rings is 1. The lowest BCUT2D eigenvalue weighted by Crippen LogP contribution is -2.30. The van der Waals surface area contributed by atoms with Crippen molar-refractivity contribution in [3.8, 4) is 11.5 Å². The number of nitrogen functional groups attached to an aromatic ring is 1. The van der Waals surface area contributed by atoms with Crippen molar-refractivity contribution in [1.29, 1.82) is 0 Å². The number of nitrogens with one attached hydrogen (secondary N) is 1. The lowest BCUT2D eigenvalue weighted by atomic mass is 10.1. The van der Waals surface area contributed by atoms with E-state index in [4.69, 9.17) is 5.84 Å². The zero-order chi connectivity index (χ0) is 10.0. The quantitative estimate of drug-likeness (QED) is 0.279. The van der Waals surface area contributed by atoms with E-state index in [9.17, 15) is 15.0 Å². The molecule has 5 heteroatoms. The van der Waals surface area contributed by atoms with E-state index in [1.165, 1.54) is 12.1 Å². The van der Waals surface area contributed by atoms with Gasteiger partial charge in [0.15, 0.2) is 0 Å². The Hall–Kier alpha value is -1.75. The van der Waals surface area contributed by atoms with Gasteiger partial charge in [0.25, 0.3) is 5.91 Å². The summed E-state index contributed by atoms with van der Waals surface area (Å²) in [7, 11) is 0. The molecule has 0 aliphatic heterocycles. The number of hydrogen-bond acceptors (Lipinski definition) is 4. The van der Waals surface area contributed by atoms with Crippen molar-refractivity contribution in [2.45, 2.75) is 6.92 Å². The molecule has 1 aromatic carbocycles. The summed E-state index contributed by atoms with van der Waals surface area (Å²) in [6, 6.07) is 2.73. The molecule has 13 heavy (non-hydrogen) atoms. The second kappa shape index (κ2) is 3.32. The molecule has 70 valence electrons. The van der Waals surface area contributed by atoms with Crippen LogP contribution in [0.5, 0.6) is 11.5 Å². The Balaban J connectivity index is 3.28. The van der Waals surface area contributed by atoms with E-state index in [1.54, 1.807) is 6.92 Å². The topological polar surface area (TPSA) is 95.6 Å². The summed E-state index contributed by atoms with van der Waals surface area (Å²) in [5.74, 6) is 3.55. The van der Waals surface area contributed by atoms with Gasteiger partial charge in [-0.05, 0) is 24.6 Å². The van der Waals surface area contributed by atoms with Gasteiger partial charge in [-0.15, -0.1) is 0 Å². The van der Waals surface area contributed by atoms with Crippen molar-refractivity contribution in [2.24, 2.45) is 5.84 Å². The summed E-state index contributed by atoms with van der Waals surface area (Å²) in [4.78, 5) is 11.0. The number of amides is 1. The molecule has 0 saturated heterocycles. The van der Waals surface area contributed by atoms with E-state index in [0.717, 1.165) is 0 Å². The Morgan fingerprint density at radius 3 is 2.23 bits per heavy atom. The maximum Gasteiger partial charge on any atom is 0.272 e. The van der Waals surface area contributed by atoms with Gasteiger partial charge >= 0.3 is 0 Å². The third kappa shape index (κ3) is 1.70. The highest BCUT2D eigenvalue weighted by Crippen LogP contribution is 2.27. The van der Waals surface area contributed by atoms with Crippen molar-refractivity contribution in [3.63, 3.8) is 0 Å². The Morgan fingerprint density at radius 2 is 1.85 bits per heavy atom. The summed E-state index contributed by atoms with van der Waals surface area (Å²) >= 11 is 0. The fourth-order valence-corrected chi connectivity index (χ4v) is 1.05. The average molecular weight is 182 g/mol. The smallest absolute Gasteiger partial charge is 0.272 e. The molecule has 0 radical (unpaired) electrons. The minimum atomic E-state index is -0.727. The van der Waals surface area contributed by atoms with Gasteiger partial charge in [-0.1, -0.05) is 0 Å². The van der Waals surface area contributed by atoms with Gasteiger partial charge in [0.1, 0.15) is 17.1 Å². The lowest BCUT2D eigenvalue weighted by molar-refractivity contribution is 0.0948. The Bertz CT molecular complexity index is 326. The predicted molar refractivity (Wildman–Crippen MR) is 46.2 cm³/mol. The summed E-state index contributed by atoms with van der Waals surface area (Å²) in [5, 5.41) is 18.6. The second-order valence-corrected chi connectivity index (χ2v) is 2.65. The SMILES string of the molecule is Cc1cc(O)c(C(=O)NN)c(O)c1. The fraction of sp³-hybridized carbons (Fsp3) is 0.125. The molecule has 0 unspecified atom stereocenters. The molecule has 0 atom stereocenters. The Labute approximate surface area is 74.8 Å². The van der Waals surface area contributed by atoms with Gasteiger partial charge in [-0.3, -0.25) is 10.2 Å². The number of carbonyl (C=O) groups is 1. The van der Waals surface area contributed by atoms with E-state index < -0.39 is 5.91 Å². The van der Waals surface area contributed by atoms with Crippen LogP contribution in [0, 0.1) is 6.92 Å². The monoisotopic (exact) mass is 182 g/mol. The van der Waals surface area contributed by atoms with Crippen molar-refractivity contribution >= 4 is 5.91 Å². The third-order valence-corrected chi connectivity index (χ3v) is 1.60. The van der Waals surface area contributed by atoms with Gasteiger partial charge in [0.05, 0.1) is 0 Å². The van der Waals surface area contributed by atoms with Crippen molar-refractivity contribution in [1.82, 2.24) is 5.43 Å². The average Bonchev–Trinajstić information content (AvgIpc) is 2.02. The molecule has 0 spiro atoms. The van der Waals surface area contributed by atoms with Crippen LogP contribution in [0.4, 0.5) is 0 Å². The number of phenols is 2. The maximum absolute atomic E-state index is 11.0. The molecule has 0 aromatic heterocycles. The van der Waals surface area contributed by atoms with Crippen LogP contribution in [0.3, 0.4) is 0 Å². The summed E-state index contributed by atoms with van der Waals surface area (Å²) in [5.41, 5.74) is 2.26. The number of carbonyl (C=O) groups excluding carboxylic acids is 1. The van der Waals surface area contributed by atoms with Crippen LogP contribution in [-0.4, -0.2) is 16.1 Å². The van der Waals surface area contributed by atoms with Crippen LogP contribution in [-0.2, 0) is 0 Å². The molecule has 0 bridgehead atoms. The lowest BCUT2D eigenvalue weighted by Gasteiger charge is -2.06. The molecule has 5 N–H and O–H groups in total. The molecule has 1 aromatic rings. The first kappa shape index (κ1) is 9.34. The highest BCUT2D eigenvalue weighted by Gasteiger charge is 2.15. The van der Waals surface area contributed by atoms with Crippen LogP contribution in [0.15, 0.2) is 12.1 Å². The van der Waals surface area contributed by atoms with Gasteiger partial charge in [-0.25, -0.2) is 5.84 Å². The van der Waals surface area contributed by atoms with Crippen LogP contribution in [0.2, 0.25) is 0 Å². The van der Waals surface area contributed by atoms with E-state index >= 15 is 0 Å². The number of phenolic OH excluding ortho intramolecular Hbond substituents is 2. The summed E-state index contributed by atoms with van der Waals surface area (Å²) < 4.78 is 0. The highest BCUT2D eigenvalue weighted by molar-refractivity contribution is 5.99. The van der Waals surface area contributed by atoms with E-state index in [0.29, 0.717) is 5.56 Å². The van der Waals surface area contributed by atoms with E-state index in [-0.39, 0.29) is 17.1 Å². The molecule has 0 saturated carbocycles. The molecular weight excluding hydrogens is 172 g/mol. The predicted octanol–water partition coefficient (Wildman–Crippen LogP) is 0.00972. The Morgan fingerprint density at radius 1 is 1.38 bits per heavy atom. The Kier molecular flexibility index (Phi) is 2.39. The highest BCUT2D eigenvalue weighted by atomic mass is 16.3. The van der Waals surface area contributed by atoms with Crippen LogP contribution < -0.4 is 11.3 Å². The van der Waals surface area contributed by atoms with Crippen LogP contribution in [0.25, 0.3) is 0 Å². The number of nitrogens with two attached hydrogens (primary N) is 1. The molecule has 0 fully saturated rings. The zero-order valence-electron chi connectivity index (χ0n) is 7.03. The van der Waals surface area contributed by atoms with Crippen LogP contribution >= 0.6 is 0 Å². The number of aromatic hydroxyl groups is 2. The normalized spacial score (nSPS) is 9.69. The largest absolute Gasteiger partial charge is 0.507 e. The second-order valence-electron chi connectivity index (χ2n) is 2.65. The first-order chi connectivity index (χ1) is 6.06. The third-order valence-electron chi connectivity index (χ3n) is 1.60. The molecule has 1 rings (SSSR count). The van der Waals surface area contributed by atoms with Gasteiger partial charge in [0, 0.05) is 0 Å². The minimum absolute atomic E-state index is 0.215. The zero-order valence-corrected chi connectivity index (χ0v) is 7.03. The molecular formula is C8H10N2O3. The molecule has 0 aliphatic rings. The van der Waals surface area contributed by atoms with Gasteiger partial charge < -0.3 is 10.2 Å².